The number of amides is 2. The van der Waals surface area contributed by atoms with Gasteiger partial charge in [-0.2, -0.15) is 0 Å². The predicted octanol–water partition coefficient (Wildman–Crippen LogP) is 2.36. The fourth-order valence-corrected chi connectivity index (χ4v) is 4.33. The third-order valence-corrected chi connectivity index (χ3v) is 6.05. The molecule has 0 radical (unpaired) electrons. The summed E-state index contributed by atoms with van der Waals surface area (Å²) in [4.78, 5) is 32.8. The number of nitrogens with one attached hydrogen (secondary N) is 1. The molecule has 8 nitrogen and oxygen atoms in total. The van der Waals surface area contributed by atoms with Gasteiger partial charge in [-0.25, -0.2) is 4.79 Å². The van der Waals surface area contributed by atoms with Crippen molar-refractivity contribution in [1.82, 2.24) is 9.80 Å². The van der Waals surface area contributed by atoms with E-state index in [-0.39, 0.29) is 30.3 Å². The molecule has 4 aliphatic heterocycles. The highest BCUT2D eigenvalue weighted by atomic mass is 35.5. The van der Waals surface area contributed by atoms with Crippen molar-refractivity contribution in [2.75, 3.05) is 57.9 Å². The van der Waals surface area contributed by atoms with Crippen LogP contribution in [0.5, 0.6) is 0 Å². The van der Waals surface area contributed by atoms with Gasteiger partial charge in [-0.1, -0.05) is 6.07 Å². The molecule has 2 amide bonds. The maximum absolute atomic E-state index is 12.6. The Morgan fingerprint density at radius 2 is 2.00 bits per heavy atom. The van der Waals surface area contributed by atoms with E-state index in [0.29, 0.717) is 31.7 Å². The monoisotopic (exact) mass is 458 g/mol. The summed E-state index contributed by atoms with van der Waals surface area (Å²) in [5.41, 5.74) is 4.23. The Balaban J connectivity index is 0.00000245. The van der Waals surface area contributed by atoms with E-state index in [0.717, 1.165) is 55.4 Å². The summed E-state index contributed by atoms with van der Waals surface area (Å²) in [7, 11) is 0. The fraction of sp³-hybridized carbons (Fsp3) is 0.435. The lowest BCUT2D eigenvalue weighted by Gasteiger charge is -2.27. The number of carbonyl (C=O) groups excluding carboxylic acids is 2. The zero-order valence-corrected chi connectivity index (χ0v) is 18.6. The largest absolute Gasteiger partial charge is 0.448 e. The van der Waals surface area contributed by atoms with Crippen molar-refractivity contribution in [3.05, 3.63) is 47.2 Å². The summed E-state index contributed by atoms with van der Waals surface area (Å²) in [6, 6.07) is 5.96. The van der Waals surface area contributed by atoms with Gasteiger partial charge in [0.1, 0.15) is 6.61 Å². The van der Waals surface area contributed by atoms with E-state index in [2.05, 4.69) is 21.3 Å². The maximum atomic E-state index is 12.6. The summed E-state index contributed by atoms with van der Waals surface area (Å²) in [6.45, 7) is 6.07. The Bertz CT molecular complexity index is 984. The van der Waals surface area contributed by atoms with Crippen LogP contribution >= 0.6 is 12.4 Å². The number of morpholine rings is 1. The number of hydrogen-bond donors (Lipinski definition) is 1. The highest BCUT2D eigenvalue weighted by Crippen LogP contribution is 2.34. The maximum Gasteiger partial charge on any atom is 0.409 e. The number of anilines is 1. The van der Waals surface area contributed by atoms with Crippen molar-refractivity contribution >= 4 is 41.9 Å². The molecule has 32 heavy (non-hydrogen) atoms. The zero-order chi connectivity index (χ0) is 21.2. The van der Waals surface area contributed by atoms with Crippen LogP contribution < -0.4 is 5.32 Å². The Hall–Kier alpha value is -2.68. The summed E-state index contributed by atoms with van der Waals surface area (Å²) < 4.78 is 10.4. The van der Waals surface area contributed by atoms with Crippen LogP contribution in [0.3, 0.4) is 0 Å². The van der Waals surface area contributed by atoms with E-state index in [1.165, 1.54) is 0 Å². The van der Waals surface area contributed by atoms with Gasteiger partial charge in [0.25, 0.3) is 5.91 Å². The van der Waals surface area contributed by atoms with Crippen LogP contribution in [0.15, 0.2) is 41.0 Å². The zero-order valence-electron chi connectivity index (χ0n) is 17.8. The van der Waals surface area contributed by atoms with Gasteiger partial charge in [-0.3, -0.25) is 14.7 Å². The van der Waals surface area contributed by atoms with Crippen LogP contribution in [0.1, 0.15) is 11.1 Å². The summed E-state index contributed by atoms with van der Waals surface area (Å²) in [6.07, 6.45) is 6.42. The van der Waals surface area contributed by atoms with Crippen LogP contribution in [-0.2, 0) is 20.7 Å². The smallest absolute Gasteiger partial charge is 0.409 e. The van der Waals surface area contributed by atoms with Crippen molar-refractivity contribution < 1.29 is 19.1 Å². The number of nitrogens with zero attached hydrogens (tertiary/aromatic N) is 3. The molecule has 4 aliphatic rings. The molecular weight excluding hydrogens is 432 g/mol. The van der Waals surface area contributed by atoms with Gasteiger partial charge in [-0.05, 0) is 36.3 Å². The second kappa shape index (κ2) is 9.85. The Kier molecular flexibility index (Phi) is 6.93. The van der Waals surface area contributed by atoms with Crippen molar-refractivity contribution in [3.63, 3.8) is 0 Å². The van der Waals surface area contributed by atoms with E-state index in [1.807, 2.05) is 30.5 Å². The number of halogens is 1. The van der Waals surface area contributed by atoms with Gasteiger partial charge in [0.2, 0.25) is 0 Å². The number of allylic oxidation sites excluding steroid dienone is 1. The first-order chi connectivity index (χ1) is 15.2. The molecule has 0 saturated carbocycles. The SMILES string of the molecule is Cl.O=C1Nc2ccc(CCN3CCOC3=O)cc2/C1=C/C1=CC(CN2CCOCC2)C=N1. The molecule has 1 aromatic carbocycles. The molecule has 0 bridgehead atoms. The molecule has 1 aromatic rings. The number of aliphatic imine (C=N–C) groups is 1. The standard InChI is InChI=1S/C23H26N4O4.ClH/c28-22-20(13-18-11-17(14-24-18)15-26-5-8-30-9-6-26)19-12-16(1-2-21(19)25-22)3-4-27-7-10-31-23(27)29;/h1-2,11-14,17H,3-10,15H2,(H,25,28);1H/b20-13-;. The first-order valence-electron chi connectivity index (χ1n) is 10.8. The van der Waals surface area contributed by atoms with Gasteiger partial charge in [-0.15, -0.1) is 12.4 Å². The van der Waals surface area contributed by atoms with Gasteiger partial charge >= 0.3 is 6.09 Å². The number of ether oxygens (including phenoxy) is 2. The van der Waals surface area contributed by atoms with E-state index in [1.54, 1.807) is 4.90 Å². The van der Waals surface area contributed by atoms with Crippen LogP contribution in [-0.4, -0.2) is 80.6 Å². The summed E-state index contributed by atoms with van der Waals surface area (Å²) in [5, 5.41) is 2.94. The Morgan fingerprint density at radius 3 is 2.78 bits per heavy atom. The number of benzene rings is 1. The highest BCUT2D eigenvalue weighted by molar-refractivity contribution is 6.32. The molecule has 4 heterocycles. The van der Waals surface area contributed by atoms with Gasteiger partial charge < -0.3 is 19.7 Å². The molecule has 0 spiro atoms. The summed E-state index contributed by atoms with van der Waals surface area (Å²) >= 11 is 0. The molecule has 170 valence electrons. The molecule has 1 N–H and O–H groups in total. The second-order valence-corrected chi connectivity index (χ2v) is 8.19. The number of hydrogen-bond acceptors (Lipinski definition) is 6. The summed E-state index contributed by atoms with van der Waals surface area (Å²) in [5.74, 6) is 0.142. The van der Waals surface area contributed by atoms with Crippen molar-refractivity contribution in [1.29, 1.82) is 0 Å². The van der Waals surface area contributed by atoms with Gasteiger partial charge in [0.15, 0.2) is 0 Å². The first-order valence-corrected chi connectivity index (χ1v) is 10.8. The predicted molar refractivity (Wildman–Crippen MR) is 124 cm³/mol. The first kappa shape index (κ1) is 22.5. The molecular formula is C23H27ClN4O4. The van der Waals surface area contributed by atoms with Crippen LogP contribution in [0.2, 0.25) is 0 Å². The van der Waals surface area contributed by atoms with Gasteiger partial charge in [0, 0.05) is 49.6 Å². The quantitative estimate of drug-likeness (QED) is 0.661. The Morgan fingerprint density at radius 1 is 1.16 bits per heavy atom. The molecule has 1 atom stereocenters. The third kappa shape index (κ3) is 4.87. The minimum absolute atomic E-state index is 0. The van der Waals surface area contributed by atoms with E-state index >= 15 is 0 Å². The molecule has 9 heteroatoms. The van der Waals surface area contributed by atoms with Crippen LogP contribution in [0.4, 0.5) is 10.5 Å². The van der Waals surface area contributed by atoms with Crippen LogP contribution in [0, 0.1) is 5.92 Å². The van der Waals surface area contributed by atoms with E-state index in [4.69, 9.17) is 9.47 Å². The number of carbonyl (C=O) groups is 2. The molecule has 0 aromatic heterocycles. The minimum atomic E-state index is -0.253. The average molecular weight is 459 g/mol. The number of cyclic esters (lactones) is 1. The van der Waals surface area contributed by atoms with E-state index in [9.17, 15) is 9.59 Å². The molecule has 2 saturated heterocycles. The lowest BCUT2D eigenvalue weighted by Crippen LogP contribution is -2.39. The van der Waals surface area contributed by atoms with Gasteiger partial charge in [0.05, 0.1) is 31.0 Å². The normalized spacial score (nSPS) is 23.8. The third-order valence-electron chi connectivity index (χ3n) is 6.05. The number of fused-ring (bicyclic) bond motifs is 1. The molecule has 2 fully saturated rings. The van der Waals surface area contributed by atoms with Crippen molar-refractivity contribution in [2.45, 2.75) is 6.42 Å². The lowest BCUT2D eigenvalue weighted by atomic mass is 10.0. The Labute approximate surface area is 193 Å². The number of rotatable bonds is 6. The second-order valence-electron chi connectivity index (χ2n) is 8.19. The lowest BCUT2D eigenvalue weighted by molar-refractivity contribution is -0.110. The topological polar surface area (TPSA) is 83.5 Å². The van der Waals surface area contributed by atoms with Crippen molar-refractivity contribution in [3.8, 4) is 0 Å². The molecule has 0 aliphatic carbocycles. The average Bonchev–Trinajstić information content (AvgIpc) is 3.47. The minimum Gasteiger partial charge on any atom is -0.448 e. The highest BCUT2D eigenvalue weighted by Gasteiger charge is 2.26. The molecule has 5 rings (SSSR count). The van der Waals surface area contributed by atoms with Crippen molar-refractivity contribution in [2.24, 2.45) is 10.9 Å². The van der Waals surface area contributed by atoms with Crippen LogP contribution in [0.25, 0.3) is 5.57 Å². The molecule has 1 unspecified atom stereocenters. The van der Waals surface area contributed by atoms with E-state index < -0.39 is 0 Å². The fourth-order valence-electron chi connectivity index (χ4n) is 4.33.